The van der Waals surface area contributed by atoms with Gasteiger partial charge in [0.05, 0.1) is 45.1 Å². The fraction of sp³-hybridized carbons (Fsp3) is 1.00. The van der Waals surface area contributed by atoms with Crippen molar-refractivity contribution in [2.45, 2.75) is 39.3 Å². The molecule has 118 valence electrons. The molecule has 0 aromatic rings. The molecule has 0 aromatic heterocycles. The van der Waals surface area contributed by atoms with Crippen LogP contribution in [0.1, 0.15) is 27.2 Å². The van der Waals surface area contributed by atoms with Gasteiger partial charge >= 0.3 is 0 Å². The van der Waals surface area contributed by atoms with E-state index in [2.05, 4.69) is 0 Å². The Labute approximate surface area is 120 Å². The molecule has 0 bridgehead atoms. The van der Waals surface area contributed by atoms with Crippen molar-refractivity contribution in [3.63, 3.8) is 0 Å². The summed E-state index contributed by atoms with van der Waals surface area (Å²) in [4.78, 5) is 0. The normalized spacial score (nSPS) is 39.1. The summed E-state index contributed by atoms with van der Waals surface area (Å²) in [6.07, 6.45) is 0.176. The van der Waals surface area contributed by atoms with Gasteiger partial charge in [0.1, 0.15) is 0 Å². The molecule has 6 heteroatoms. The van der Waals surface area contributed by atoms with Crippen molar-refractivity contribution in [2.24, 2.45) is 10.8 Å². The third-order valence-corrected chi connectivity index (χ3v) is 4.19. The summed E-state index contributed by atoms with van der Waals surface area (Å²) in [5.41, 5.74) is -0.758. The summed E-state index contributed by atoms with van der Waals surface area (Å²) in [5, 5.41) is 18.7. The molecule has 2 heterocycles. The molecule has 0 unspecified atom stereocenters. The zero-order valence-electron chi connectivity index (χ0n) is 12.6. The Bertz CT molecular complexity index is 306. The predicted molar refractivity (Wildman–Crippen MR) is 71.0 cm³/mol. The quantitative estimate of drug-likeness (QED) is 0.785. The lowest BCUT2D eigenvalue weighted by Gasteiger charge is -2.49. The Balaban J connectivity index is 1.91. The van der Waals surface area contributed by atoms with E-state index in [9.17, 15) is 10.2 Å². The Morgan fingerprint density at radius 2 is 1.60 bits per heavy atom. The fourth-order valence-corrected chi connectivity index (χ4v) is 2.35. The minimum absolute atomic E-state index is 0.00112. The van der Waals surface area contributed by atoms with E-state index in [1.807, 2.05) is 20.8 Å². The van der Waals surface area contributed by atoms with E-state index in [0.717, 1.165) is 0 Å². The molecule has 0 saturated carbocycles. The van der Waals surface area contributed by atoms with Crippen LogP contribution >= 0.6 is 0 Å². The average molecular weight is 290 g/mol. The SMILES string of the molecule is CCC1(CO)OCC2(COC(C(C)(C)CO)OC2)CO1. The van der Waals surface area contributed by atoms with Gasteiger partial charge in [0.2, 0.25) is 0 Å². The predicted octanol–water partition coefficient (Wildman–Crippen LogP) is 0.510. The summed E-state index contributed by atoms with van der Waals surface area (Å²) >= 11 is 0. The third-order valence-electron chi connectivity index (χ3n) is 4.19. The number of aliphatic hydroxyl groups is 2. The van der Waals surface area contributed by atoms with Gasteiger partial charge < -0.3 is 29.2 Å². The molecular weight excluding hydrogens is 264 g/mol. The van der Waals surface area contributed by atoms with Gasteiger partial charge in [0.15, 0.2) is 12.1 Å². The molecule has 0 aromatic carbocycles. The van der Waals surface area contributed by atoms with Gasteiger partial charge in [-0.2, -0.15) is 0 Å². The maximum Gasteiger partial charge on any atom is 0.191 e. The number of hydrogen-bond donors (Lipinski definition) is 2. The molecule has 0 amide bonds. The summed E-state index contributed by atoms with van der Waals surface area (Å²) < 4.78 is 23.0. The molecule has 0 atom stereocenters. The molecule has 2 N–H and O–H groups in total. The standard InChI is InChI=1S/C14H26O6/c1-4-14(6-16)19-9-13(10-20-14)7-17-11(18-8-13)12(2,3)5-15/h11,15-16H,4-10H2,1-3H3. The van der Waals surface area contributed by atoms with Crippen LogP contribution in [0.15, 0.2) is 0 Å². The van der Waals surface area contributed by atoms with Crippen molar-refractivity contribution < 1.29 is 29.2 Å². The lowest BCUT2D eigenvalue weighted by Crippen LogP contribution is -2.58. The van der Waals surface area contributed by atoms with E-state index in [1.54, 1.807) is 0 Å². The second-order valence-corrected chi connectivity index (χ2v) is 6.60. The number of aliphatic hydroxyl groups excluding tert-OH is 2. The Morgan fingerprint density at radius 3 is 2.00 bits per heavy atom. The van der Waals surface area contributed by atoms with Crippen molar-refractivity contribution in [3.8, 4) is 0 Å². The second-order valence-electron chi connectivity index (χ2n) is 6.60. The lowest BCUT2D eigenvalue weighted by molar-refractivity contribution is -0.360. The highest BCUT2D eigenvalue weighted by Gasteiger charge is 2.48. The molecule has 6 nitrogen and oxygen atoms in total. The largest absolute Gasteiger partial charge is 0.396 e. The molecule has 2 fully saturated rings. The van der Waals surface area contributed by atoms with Crippen LogP contribution in [0, 0.1) is 10.8 Å². The van der Waals surface area contributed by atoms with Crippen LogP contribution in [0.5, 0.6) is 0 Å². The van der Waals surface area contributed by atoms with Crippen molar-refractivity contribution in [1.82, 2.24) is 0 Å². The Hall–Kier alpha value is -0.240. The van der Waals surface area contributed by atoms with E-state index >= 15 is 0 Å². The molecule has 20 heavy (non-hydrogen) atoms. The number of rotatable bonds is 4. The van der Waals surface area contributed by atoms with Gasteiger partial charge in [-0.15, -0.1) is 0 Å². The highest BCUT2D eigenvalue weighted by molar-refractivity contribution is 4.89. The first-order valence-corrected chi connectivity index (χ1v) is 7.14. The van der Waals surface area contributed by atoms with Gasteiger partial charge in [0.25, 0.3) is 0 Å². The minimum atomic E-state index is -0.882. The molecule has 2 aliphatic rings. The molecule has 1 spiro atoms. The topological polar surface area (TPSA) is 77.4 Å². The van der Waals surface area contributed by atoms with E-state index in [1.165, 1.54) is 0 Å². The van der Waals surface area contributed by atoms with E-state index < -0.39 is 17.5 Å². The first kappa shape index (κ1) is 16.1. The highest BCUT2D eigenvalue weighted by Crippen LogP contribution is 2.38. The Morgan fingerprint density at radius 1 is 1.05 bits per heavy atom. The van der Waals surface area contributed by atoms with Crippen LogP contribution in [-0.4, -0.2) is 61.9 Å². The fourth-order valence-electron chi connectivity index (χ4n) is 2.35. The van der Waals surface area contributed by atoms with Crippen LogP contribution in [-0.2, 0) is 18.9 Å². The summed E-state index contributed by atoms with van der Waals surface area (Å²) in [5.74, 6) is -0.882. The second kappa shape index (κ2) is 5.87. The summed E-state index contributed by atoms with van der Waals surface area (Å²) in [7, 11) is 0. The van der Waals surface area contributed by atoms with Crippen molar-refractivity contribution >= 4 is 0 Å². The minimum Gasteiger partial charge on any atom is -0.396 e. The zero-order valence-corrected chi connectivity index (χ0v) is 12.6. The van der Waals surface area contributed by atoms with Gasteiger partial charge in [0, 0.05) is 11.8 Å². The van der Waals surface area contributed by atoms with Gasteiger partial charge in [-0.3, -0.25) is 0 Å². The van der Waals surface area contributed by atoms with Crippen LogP contribution < -0.4 is 0 Å². The smallest absolute Gasteiger partial charge is 0.191 e. The van der Waals surface area contributed by atoms with Crippen molar-refractivity contribution in [1.29, 1.82) is 0 Å². The van der Waals surface area contributed by atoms with Crippen molar-refractivity contribution in [3.05, 3.63) is 0 Å². The molecule has 0 radical (unpaired) electrons. The maximum atomic E-state index is 9.37. The first-order chi connectivity index (χ1) is 9.41. The highest BCUT2D eigenvalue weighted by atomic mass is 16.7. The van der Waals surface area contributed by atoms with Gasteiger partial charge in [-0.25, -0.2) is 0 Å². The van der Waals surface area contributed by atoms with Gasteiger partial charge in [-0.05, 0) is 0 Å². The zero-order chi connectivity index (χ0) is 14.9. The van der Waals surface area contributed by atoms with E-state index in [4.69, 9.17) is 18.9 Å². The van der Waals surface area contributed by atoms with Crippen LogP contribution in [0.2, 0.25) is 0 Å². The third kappa shape index (κ3) is 3.00. The van der Waals surface area contributed by atoms with Crippen LogP contribution in [0.4, 0.5) is 0 Å². The van der Waals surface area contributed by atoms with Gasteiger partial charge in [-0.1, -0.05) is 20.8 Å². The summed E-state index contributed by atoms with van der Waals surface area (Å²) in [6, 6.07) is 0. The average Bonchev–Trinajstić information content (AvgIpc) is 2.49. The van der Waals surface area contributed by atoms with Crippen LogP contribution in [0.25, 0.3) is 0 Å². The number of ether oxygens (including phenoxy) is 4. The lowest BCUT2D eigenvalue weighted by atomic mass is 9.87. The molecular formula is C14H26O6. The van der Waals surface area contributed by atoms with Crippen molar-refractivity contribution in [2.75, 3.05) is 39.6 Å². The number of hydrogen-bond acceptors (Lipinski definition) is 6. The van der Waals surface area contributed by atoms with Crippen LogP contribution in [0.3, 0.4) is 0 Å². The van der Waals surface area contributed by atoms with E-state index in [0.29, 0.717) is 32.8 Å². The van der Waals surface area contributed by atoms with E-state index in [-0.39, 0.29) is 18.6 Å². The molecule has 0 aliphatic carbocycles. The maximum absolute atomic E-state index is 9.37. The monoisotopic (exact) mass is 290 g/mol. The molecule has 2 aliphatic heterocycles. The Kier molecular flexibility index (Phi) is 4.73. The molecule has 2 saturated heterocycles. The first-order valence-electron chi connectivity index (χ1n) is 7.14. The summed E-state index contributed by atoms with van der Waals surface area (Å²) in [6.45, 7) is 7.37. The molecule has 2 rings (SSSR count).